The van der Waals surface area contributed by atoms with Gasteiger partial charge in [0.1, 0.15) is 0 Å². The first kappa shape index (κ1) is 12.9. The topological polar surface area (TPSA) is 26.7 Å². The van der Waals surface area contributed by atoms with E-state index >= 15 is 0 Å². The van der Waals surface area contributed by atoms with Crippen molar-refractivity contribution >= 4 is 0 Å². The van der Waals surface area contributed by atoms with Crippen LogP contribution in [0.25, 0.3) is 0 Å². The van der Waals surface area contributed by atoms with E-state index in [1.165, 1.54) is 51.7 Å². The summed E-state index contributed by atoms with van der Waals surface area (Å²) >= 11 is 0. The average Bonchev–Trinajstić information content (AvgIpc) is 2.39. The maximum absolute atomic E-state index is 9.65. The van der Waals surface area contributed by atoms with Crippen molar-refractivity contribution in [1.29, 1.82) is 0 Å². The van der Waals surface area contributed by atoms with Gasteiger partial charge in [-0.25, -0.2) is 0 Å². The SMILES string of the molecule is CC1CN2CCCCC2CN1C1CCC(O)CC1. The molecule has 3 fully saturated rings. The highest BCUT2D eigenvalue weighted by molar-refractivity contribution is 4.93. The van der Waals surface area contributed by atoms with Crippen molar-refractivity contribution in [3.63, 3.8) is 0 Å². The third-order valence-electron chi connectivity index (χ3n) is 5.37. The van der Waals surface area contributed by atoms with Gasteiger partial charge in [-0.15, -0.1) is 0 Å². The first-order valence-electron chi connectivity index (χ1n) is 7.92. The van der Waals surface area contributed by atoms with Crippen molar-refractivity contribution < 1.29 is 5.11 Å². The number of aliphatic hydroxyl groups excluding tert-OH is 1. The Morgan fingerprint density at radius 3 is 2.44 bits per heavy atom. The number of piperidine rings is 1. The second-order valence-corrected chi connectivity index (χ2v) is 6.65. The Hall–Kier alpha value is -0.120. The van der Waals surface area contributed by atoms with Gasteiger partial charge in [0.05, 0.1) is 6.10 Å². The smallest absolute Gasteiger partial charge is 0.0541 e. The van der Waals surface area contributed by atoms with Gasteiger partial charge in [-0.1, -0.05) is 6.42 Å². The summed E-state index contributed by atoms with van der Waals surface area (Å²) < 4.78 is 0. The lowest BCUT2D eigenvalue weighted by atomic mass is 9.88. The Bertz CT molecular complexity index is 276. The van der Waals surface area contributed by atoms with Gasteiger partial charge >= 0.3 is 0 Å². The maximum atomic E-state index is 9.65. The molecule has 104 valence electrons. The fourth-order valence-electron chi connectivity index (χ4n) is 4.27. The van der Waals surface area contributed by atoms with Crippen LogP contribution >= 0.6 is 0 Å². The van der Waals surface area contributed by atoms with Gasteiger partial charge in [0.2, 0.25) is 0 Å². The number of aliphatic hydroxyl groups is 1. The second-order valence-electron chi connectivity index (χ2n) is 6.65. The molecule has 2 atom stereocenters. The number of hydrogen-bond acceptors (Lipinski definition) is 3. The van der Waals surface area contributed by atoms with Crippen LogP contribution in [0.4, 0.5) is 0 Å². The normalized spacial score (nSPS) is 43.7. The Morgan fingerprint density at radius 1 is 0.889 bits per heavy atom. The molecule has 2 aliphatic heterocycles. The Balaban J connectivity index is 1.61. The number of rotatable bonds is 1. The van der Waals surface area contributed by atoms with Crippen molar-refractivity contribution in [3.05, 3.63) is 0 Å². The van der Waals surface area contributed by atoms with Crippen molar-refractivity contribution in [1.82, 2.24) is 9.80 Å². The molecule has 1 aliphatic carbocycles. The number of nitrogens with zero attached hydrogens (tertiary/aromatic N) is 2. The summed E-state index contributed by atoms with van der Waals surface area (Å²) in [7, 11) is 0. The summed E-state index contributed by atoms with van der Waals surface area (Å²) in [5.74, 6) is 0. The Kier molecular flexibility index (Phi) is 3.92. The molecule has 0 amide bonds. The van der Waals surface area contributed by atoms with E-state index in [1.807, 2.05) is 0 Å². The maximum Gasteiger partial charge on any atom is 0.0541 e. The zero-order chi connectivity index (χ0) is 12.5. The van der Waals surface area contributed by atoms with Gasteiger partial charge in [-0.3, -0.25) is 9.80 Å². The van der Waals surface area contributed by atoms with E-state index in [4.69, 9.17) is 0 Å². The molecule has 0 spiro atoms. The van der Waals surface area contributed by atoms with Crippen LogP contribution in [0.3, 0.4) is 0 Å². The highest BCUT2D eigenvalue weighted by Gasteiger charge is 2.37. The van der Waals surface area contributed by atoms with Crippen LogP contribution in [0.1, 0.15) is 51.9 Å². The summed E-state index contributed by atoms with van der Waals surface area (Å²) in [5, 5.41) is 9.65. The first-order chi connectivity index (χ1) is 8.74. The molecule has 2 saturated heterocycles. The van der Waals surface area contributed by atoms with Gasteiger partial charge in [-0.05, 0) is 52.0 Å². The second kappa shape index (κ2) is 5.48. The number of piperazine rings is 1. The number of hydrogen-bond donors (Lipinski definition) is 1. The summed E-state index contributed by atoms with van der Waals surface area (Å²) in [6.07, 6.45) is 8.65. The lowest BCUT2D eigenvalue weighted by Gasteiger charge is -2.51. The minimum absolute atomic E-state index is 0.0208. The molecule has 1 saturated carbocycles. The van der Waals surface area contributed by atoms with Crippen molar-refractivity contribution in [2.24, 2.45) is 0 Å². The third kappa shape index (κ3) is 2.59. The largest absolute Gasteiger partial charge is 0.393 e. The van der Waals surface area contributed by atoms with Gasteiger partial charge < -0.3 is 5.11 Å². The van der Waals surface area contributed by atoms with E-state index in [1.54, 1.807) is 0 Å². The predicted octanol–water partition coefficient (Wildman–Crippen LogP) is 1.85. The summed E-state index contributed by atoms with van der Waals surface area (Å²) in [6.45, 7) is 6.27. The Morgan fingerprint density at radius 2 is 1.67 bits per heavy atom. The van der Waals surface area contributed by atoms with E-state index in [2.05, 4.69) is 16.7 Å². The molecule has 1 N–H and O–H groups in total. The summed E-state index contributed by atoms with van der Waals surface area (Å²) in [4.78, 5) is 5.49. The van der Waals surface area contributed by atoms with Crippen LogP contribution in [-0.2, 0) is 0 Å². The van der Waals surface area contributed by atoms with Gasteiger partial charge in [0.25, 0.3) is 0 Å². The van der Waals surface area contributed by atoms with E-state index in [-0.39, 0.29) is 6.10 Å². The lowest BCUT2D eigenvalue weighted by molar-refractivity contribution is -0.0261. The van der Waals surface area contributed by atoms with E-state index in [0.29, 0.717) is 6.04 Å². The monoisotopic (exact) mass is 252 g/mol. The van der Waals surface area contributed by atoms with Crippen LogP contribution in [-0.4, -0.2) is 58.8 Å². The standard InChI is InChI=1S/C15H28N2O/c1-12-10-16-9-3-2-4-14(16)11-17(12)13-5-7-15(18)8-6-13/h12-15,18H,2-11H2,1H3. The van der Waals surface area contributed by atoms with Gasteiger partial charge in [-0.2, -0.15) is 0 Å². The van der Waals surface area contributed by atoms with Crippen LogP contribution in [0.5, 0.6) is 0 Å². The average molecular weight is 252 g/mol. The predicted molar refractivity (Wildman–Crippen MR) is 73.6 cm³/mol. The molecular formula is C15H28N2O. The molecule has 0 aromatic carbocycles. The van der Waals surface area contributed by atoms with Crippen LogP contribution in [0.15, 0.2) is 0 Å². The quantitative estimate of drug-likeness (QED) is 0.771. The molecule has 3 heteroatoms. The molecule has 0 radical (unpaired) electrons. The fraction of sp³-hybridized carbons (Fsp3) is 1.00. The molecule has 18 heavy (non-hydrogen) atoms. The zero-order valence-corrected chi connectivity index (χ0v) is 11.7. The van der Waals surface area contributed by atoms with Gasteiger partial charge in [0, 0.05) is 31.2 Å². The summed E-state index contributed by atoms with van der Waals surface area (Å²) in [6, 6.07) is 2.27. The molecule has 0 aromatic rings. The minimum atomic E-state index is -0.0208. The zero-order valence-electron chi connectivity index (χ0n) is 11.7. The highest BCUT2D eigenvalue weighted by Crippen LogP contribution is 2.30. The molecule has 2 heterocycles. The fourth-order valence-corrected chi connectivity index (χ4v) is 4.27. The van der Waals surface area contributed by atoms with Crippen molar-refractivity contribution in [3.8, 4) is 0 Å². The van der Waals surface area contributed by atoms with E-state index in [9.17, 15) is 5.11 Å². The van der Waals surface area contributed by atoms with Gasteiger partial charge in [0.15, 0.2) is 0 Å². The van der Waals surface area contributed by atoms with E-state index < -0.39 is 0 Å². The molecule has 0 bridgehead atoms. The van der Waals surface area contributed by atoms with Crippen LogP contribution in [0, 0.1) is 0 Å². The Labute approximate surface area is 111 Å². The highest BCUT2D eigenvalue weighted by atomic mass is 16.3. The first-order valence-corrected chi connectivity index (χ1v) is 7.92. The summed E-state index contributed by atoms with van der Waals surface area (Å²) in [5.41, 5.74) is 0. The lowest BCUT2D eigenvalue weighted by Crippen LogP contribution is -2.61. The van der Waals surface area contributed by atoms with E-state index in [0.717, 1.165) is 24.9 Å². The third-order valence-corrected chi connectivity index (χ3v) is 5.37. The van der Waals surface area contributed by atoms with Crippen LogP contribution in [0.2, 0.25) is 0 Å². The van der Waals surface area contributed by atoms with Crippen molar-refractivity contribution in [2.45, 2.75) is 76.1 Å². The molecule has 3 aliphatic rings. The molecular weight excluding hydrogens is 224 g/mol. The minimum Gasteiger partial charge on any atom is -0.393 e. The molecule has 3 rings (SSSR count). The molecule has 0 aromatic heterocycles. The van der Waals surface area contributed by atoms with Crippen molar-refractivity contribution in [2.75, 3.05) is 19.6 Å². The van der Waals surface area contributed by atoms with Crippen LogP contribution < -0.4 is 0 Å². The molecule has 2 unspecified atom stereocenters. The molecule has 3 nitrogen and oxygen atoms in total. The number of fused-ring (bicyclic) bond motifs is 1.